The van der Waals surface area contributed by atoms with E-state index in [0.29, 0.717) is 34.7 Å². The zero-order valence-electron chi connectivity index (χ0n) is 21.2. The predicted molar refractivity (Wildman–Crippen MR) is 130 cm³/mol. The van der Waals surface area contributed by atoms with E-state index < -0.39 is 5.60 Å². The Hall–Kier alpha value is -1.38. The van der Waals surface area contributed by atoms with Crippen molar-refractivity contribution in [1.82, 2.24) is 9.78 Å². The third-order valence-electron chi connectivity index (χ3n) is 11.6. The lowest BCUT2D eigenvalue weighted by Gasteiger charge is -2.63. The van der Waals surface area contributed by atoms with Crippen molar-refractivity contribution in [3.63, 3.8) is 0 Å². The van der Waals surface area contributed by atoms with Gasteiger partial charge in [0.25, 0.3) is 0 Å². The van der Waals surface area contributed by atoms with E-state index in [-0.39, 0.29) is 11.0 Å². The van der Waals surface area contributed by atoms with Gasteiger partial charge >= 0.3 is 0 Å². The van der Waals surface area contributed by atoms with Crippen molar-refractivity contribution in [2.45, 2.75) is 110 Å². The van der Waals surface area contributed by atoms with Crippen molar-refractivity contribution in [2.75, 3.05) is 0 Å². The maximum Gasteiger partial charge on any atom is 0.102 e. The number of rotatable bonds is 3. The van der Waals surface area contributed by atoms with Gasteiger partial charge in [0.2, 0.25) is 0 Å². The van der Waals surface area contributed by atoms with Gasteiger partial charge in [-0.3, -0.25) is 4.68 Å². The van der Waals surface area contributed by atoms with Gasteiger partial charge in [-0.2, -0.15) is 10.4 Å². The van der Waals surface area contributed by atoms with Crippen molar-refractivity contribution in [1.29, 1.82) is 5.26 Å². The molecular weight excluding hydrogens is 408 g/mol. The third kappa shape index (κ3) is 3.50. The van der Waals surface area contributed by atoms with Crippen LogP contribution in [0, 0.1) is 51.8 Å². The number of nitrogens with two attached hydrogens (primary N) is 1. The van der Waals surface area contributed by atoms with Crippen LogP contribution in [-0.2, 0) is 6.54 Å². The minimum Gasteiger partial charge on any atom is -0.390 e. The first-order valence-corrected chi connectivity index (χ1v) is 13.5. The fourth-order valence-corrected chi connectivity index (χ4v) is 9.52. The van der Waals surface area contributed by atoms with Crippen LogP contribution in [0.1, 0.15) is 97.5 Å². The summed E-state index contributed by atoms with van der Waals surface area (Å²) in [5.74, 6) is 3.13. The van der Waals surface area contributed by atoms with Crippen molar-refractivity contribution >= 4 is 0 Å². The van der Waals surface area contributed by atoms with E-state index >= 15 is 0 Å². The summed E-state index contributed by atoms with van der Waals surface area (Å²) >= 11 is 0. The minimum atomic E-state index is -0.495. The average molecular weight is 453 g/mol. The van der Waals surface area contributed by atoms with E-state index in [1.54, 1.807) is 6.20 Å². The predicted octanol–water partition coefficient (Wildman–Crippen LogP) is 5.27. The van der Waals surface area contributed by atoms with Crippen LogP contribution < -0.4 is 5.73 Å². The molecule has 1 aromatic heterocycles. The van der Waals surface area contributed by atoms with Crippen LogP contribution in [0.4, 0.5) is 0 Å². The highest BCUT2D eigenvalue weighted by Gasteiger charge is 2.66. The smallest absolute Gasteiger partial charge is 0.102 e. The molecule has 4 saturated carbocycles. The van der Waals surface area contributed by atoms with Gasteiger partial charge in [-0.25, -0.2) is 0 Å². The molecule has 5 nitrogen and oxygen atoms in total. The largest absolute Gasteiger partial charge is 0.390 e. The van der Waals surface area contributed by atoms with Gasteiger partial charge in [0, 0.05) is 18.3 Å². The Bertz CT molecular complexity index is 933. The Morgan fingerprint density at radius 2 is 1.88 bits per heavy atom. The Balaban J connectivity index is 1.38. The first kappa shape index (κ1) is 23.4. The van der Waals surface area contributed by atoms with Crippen molar-refractivity contribution < 1.29 is 5.11 Å². The summed E-state index contributed by atoms with van der Waals surface area (Å²) in [4.78, 5) is 0. The summed E-state index contributed by atoms with van der Waals surface area (Å²) in [7, 11) is 0. The van der Waals surface area contributed by atoms with Gasteiger partial charge < -0.3 is 10.8 Å². The van der Waals surface area contributed by atoms with Crippen LogP contribution >= 0.6 is 0 Å². The van der Waals surface area contributed by atoms with Crippen molar-refractivity contribution in [3.8, 4) is 6.07 Å². The van der Waals surface area contributed by atoms with E-state index in [1.807, 2.05) is 10.9 Å². The summed E-state index contributed by atoms with van der Waals surface area (Å²) in [6, 6.07) is 2.20. The van der Waals surface area contributed by atoms with Crippen LogP contribution in [-0.4, -0.2) is 26.0 Å². The summed E-state index contributed by atoms with van der Waals surface area (Å²) in [5, 5.41) is 24.4. The Kier molecular flexibility index (Phi) is 5.54. The summed E-state index contributed by atoms with van der Waals surface area (Å²) in [6.45, 7) is 10.3. The molecule has 0 radical (unpaired) electrons. The zero-order chi connectivity index (χ0) is 23.6. The zero-order valence-corrected chi connectivity index (χ0v) is 21.2. The molecule has 0 unspecified atom stereocenters. The molecule has 0 aromatic carbocycles. The highest BCUT2D eigenvalue weighted by atomic mass is 16.3. The number of hydrogen-bond donors (Lipinski definition) is 2. The maximum atomic E-state index is 10.8. The first-order chi connectivity index (χ1) is 15.5. The molecule has 5 heteroatoms. The molecular formula is C28H44N4O. The van der Waals surface area contributed by atoms with Gasteiger partial charge in [-0.05, 0) is 112 Å². The summed E-state index contributed by atoms with van der Waals surface area (Å²) in [6.07, 6.45) is 15.2. The van der Waals surface area contributed by atoms with Gasteiger partial charge in [0.1, 0.15) is 6.07 Å². The molecule has 182 valence electrons. The second kappa shape index (κ2) is 7.82. The highest BCUT2D eigenvalue weighted by molar-refractivity contribution is 5.22. The molecule has 5 rings (SSSR count). The number of hydrogen-bond acceptors (Lipinski definition) is 4. The molecule has 0 amide bonds. The van der Waals surface area contributed by atoms with Gasteiger partial charge in [-0.15, -0.1) is 0 Å². The number of fused-ring (bicyclic) bond motifs is 5. The number of aromatic nitrogens is 2. The molecule has 33 heavy (non-hydrogen) atoms. The molecule has 1 aromatic rings. The summed E-state index contributed by atoms with van der Waals surface area (Å²) in [5.41, 5.74) is 8.11. The molecule has 9 atom stereocenters. The lowest BCUT2D eigenvalue weighted by Crippen LogP contribution is -2.66. The Labute approximate surface area is 200 Å². The van der Waals surface area contributed by atoms with E-state index in [2.05, 4.69) is 38.9 Å². The van der Waals surface area contributed by atoms with E-state index in [4.69, 9.17) is 11.0 Å². The van der Waals surface area contributed by atoms with Crippen molar-refractivity contribution in [2.24, 2.45) is 46.2 Å². The fourth-order valence-electron chi connectivity index (χ4n) is 9.52. The maximum absolute atomic E-state index is 10.8. The molecule has 0 saturated heterocycles. The van der Waals surface area contributed by atoms with Crippen LogP contribution in [0.3, 0.4) is 0 Å². The lowest BCUT2D eigenvalue weighted by molar-refractivity contribution is -0.116. The van der Waals surface area contributed by atoms with Gasteiger partial charge in [0.05, 0.1) is 17.4 Å². The van der Waals surface area contributed by atoms with Crippen LogP contribution in [0.5, 0.6) is 0 Å². The van der Waals surface area contributed by atoms with Crippen LogP contribution in [0.15, 0.2) is 12.4 Å². The molecule has 1 heterocycles. The topological polar surface area (TPSA) is 87.9 Å². The average Bonchev–Trinajstić information content (AvgIpc) is 3.30. The summed E-state index contributed by atoms with van der Waals surface area (Å²) < 4.78 is 1.96. The second-order valence-corrected chi connectivity index (χ2v) is 13.2. The number of nitriles is 1. The standard InChI is InChI=1S/C28H44N4O/c1-19(17-32-18-20(15-29)16-31-32)22-9-12-28(30)24-6-5-21-7-10-25(2,33)13-14-26(21,3)23(24)8-11-27(22,28)4/h16,18-19,21-24,33H,5-14,17,30H2,1-4H3/t19-,21-,22+,23-,24+,25-,26-,27+,28+/m0/s1. The lowest BCUT2D eigenvalue weighted by atomic mass is 9.43. The van der Waals surface area contributed by atoms with E-state index in [1.165, 1.54) is 38.5 Å². The quantitative estimate of drug-likeness (QED) is 0.654. The van der Waals surface area contributed by atoms with E-state index in [9.17, 15) is 5.11 Å². The number of aliphatic hydroxyl groups is 1. The normalized spacial score (nSPS) is 48.2. The third-order valence-corrected chi connectivity index (χ3v) is 11.6. The molecule has 3 N–H and O–H groups in total. The minimum absolute atomic E-state index is 0.0838. The van der Waals surface area contributed by atoms with Crippen LogP contribution in [0.25, 0.3) is 0 Å². The Morgan fingerprint density at radius 1 is 1.09 bits per heavy atom. The van der Waals surface area contributed by atoms with Crippen LogP contribution in [0.2, 0.25) is 0 Å². The van der Waals surface area contributed by atoms with Gasteiger partial charge in [0.15, 0.2) is 0 Å². The Morgan fingerprint density at radius 3 is 2.61 bits per heavy atom. The highest BCUT2D eigenvalue weighted by Crippen LogP contribution is 2.69. The molecule has 4 aliphatic carbocycles. The first-order valence-electron chi connectivity index (χ1n) is 13.5. The monoisotopic (exact) mass is 452 g/mol. The second-order valence-electron chi connectivity index (χ2n) is 13.2. The van der Waals surface area contributed by atoms with E-state index in [0.717, 1.165) is 38.1 Å². The van der Waals surface area contributed by atoms with Gasteiger partial charge in [-0.1, -0.05) is 20.8 Å². The molecule has 0 bridgehead atoms. The SMILES string of the molecule is C[C@@H](Cn1cc(C#N)cn1)[C@H]1CC[C@@]2(N)[C@@H]3CC[C@H]4CC[C@](C)(O)CC[C@]4(C)[C@H]3CC[C@]12C. The molecule has 4 aliphatic rings. The molecule has 4 fully saturated rings. The number of nitrogens with zero attached hydrogens (tertiary/aromatic N) is 3. The van der Waals surface area contributed by atoms with Crippen molar-refractivity contribution in [3.05, 3.63) is 18.0 Å². The molecule has 0 aliphatic heterocycles. The fraction of sp³-hybridized carbons (Fsp3) is 0.857. The molecule has 0 spiro atoms.